The van der Waals surface area contributed by atoms with E-state index < -0.39 is 11.7 Å². The molecule has 2 aliphatic rings. The molecule has 2 unspecified atom stereocenters. The highest BCUT2D eigenvalue weighted by atomic mass is 19.4. The van der Waals surface area contributed by atoms with Crippen LogP contribution in [0.2, 0.25) is 0 Å². The molecule has 0 aliphatic heterocycles. The number of rotatable bonds is 3. The summed E-state index contributed by atoms with van der Waals surface area (Å²) >= 11 is 0. The van der Waals surface area contributed by atoms with Gasteiger partial charge in [0.15, 0.2) is 0 Å². The van der Waals surface area contributed by atoms with Crippen LogP contribution in [-0.4, -0.2) is 5.78 Å². The summed E-state index contributed by atoms with van der Waals surface area (Å²) in [5, 5.41) is 0. The summed E-state index contributed by atoms with van der Waals surface area (Å²) in [6, 6.07) is 5.10. The summed E-state index contributed by atoms with van der Waals surface area (Å²) in [4.78, 5) is 12.1. The van der Waals surface area contributed by atoms with Crippen LogP contribution in [0.15, 0.2) is 24.3 Å². The highest BCUT2D eigenvalue weighted by Gasteiger charge is 2.47. The number of Topliss-reactive ketones (excluding diaryl/α,β-unsaturated/α-hetero) is 1. The van der Waals surface area contributed by atoms with E-state index >= 15 is 0 Å². The van der Waals surface area contributed by atoms with E-state index in [4.69, 9.17) is 0 Å². The largest absolute Gasteiger partial charge is 0.416 e. The average Bonchev–Trinajstić information content (AvgIpc) is 2.95. The third kappa shape index (κ3) is 2.67. The molecule has 3 rings (SSSR count). The molecule has 1 aromatic rings. The Bertz CT molecular complexity index is 496. The number of carbonyl (C=O) groups is 1. The van der Waals surface area contributed by atoms with Crippen molar-refractivity contribution >= 4 is 5.78 Å². The van der Waals surface area contributed by atoms with E-state index in [1.807, 2.05) is 0 Å². The number of benzene rings is 1. The Labute approximate surface area is 109 Å². The van der Waals surface area contributed by atoms with E-state index in [-0.39, 0.29) is 18.1 Å². The average molecular weight is 268 g/mol. The first-order valence-electron chi connectivity index (χ1n) is 6.62. The van der Waals surface area contributed by atoms with Gasteiger partial charge in [-0.05, 0) is 42.7 Å². The highest BCUT2D eigenvalue weighted by Crippen LogP contribution is 2.54. The number of carbonyl (C=O) groups excluding carboxylic acids is 1. The van der Waals surface area contributed by atoms with Crippen LogP contribution in [0.3, 0.4) is 0 Å². The minimum atomic E-state index is -4.34. The molecule has 0 N–H and O–H groups in total. The summed E-state index contributed by atoms with van der Waals surface area (Å²) in [6.07, 6.45) is -1.07. The Morgan fingerprint density at radius 1 is 1.16 bits per heavy atom. The van der Waals surface area contributed by atoms with Crippen LogP contribution in [0.5, 0.6) is 0 Å². The smallest absolute Gasteiger partial charge is 0.299 e. The van der Waals surface area contributed by atoms with Gasteiger partial charge in [-0.25, -0.2) is 0 Å². The molecule has 0 bridgehead atoms. The number of fused-ring (bicyclic) bond motifs is 1. The fourth-order valence-electron chi connectivity index (χ4n) is 3.18. The lowest BCUT2D eigenvalue weighted by molar-refractivity contribution is -0.137. The zero-order valence-electron chi connectivity index (χ0n) is 10.4. The molecule has 19 heavy (non-hydrogen) atoms. The van der Waals surface area contributed by atoms with Gasteiger partial charge in [0.1, 0.15) is 5.78 Å². The lowest BCUT2D eigenvalue weighted by atomic mass is 9.93. The normalized spacial score (nSPS) is 29.1. The van der Waals surface area contributed by atoms with Gasteiger partial charge in [-0.2, -0.15) is 13.2 Å². The van der Waals surface area contributed by atoms with Crippen LogP contribution >= 0.6 is 0 Å². The van der Waals surface area contributed by atoms with Gasteiger partial charge in [0.25, 0.3) is 0 Å². The summed E-state index contributed by atoms with van der Waals surface area (Å²) in [5.74, 6) is 1.62. The van der Waals surface area contributed by atoms with E-state index in [1.54, 1.807) is 6.07 Å². The van der Waals surface area contributed by atoms with E-state index in [9.17, 15) is 18.0 Å². The molecule has 2 fully saturated rings. The molecular formula is C15H15F3O. The predicted molar refractivity (Wildman–Crippen MR) is 64.5 cm³/mol. The Kier molecular flexibility index (Phi) is 2.91. The fraction of sp³-hybridized carbons (Fsp3) is 0.533. The molecule has 2 atom stereocenters. The van der Waals surface area contributed by atoms with Gasteiger partial charge in [-0.3, -0.25) is 4.79 Å². The number of hydrogen-bond acceptors (Lipinski definition) is 1. The fourth-order valence-corrected chi connectivity index (χ4v) is 3.18. The summed E-state index contributed by atoms with van der Waals surface area (Å²) in [7, 11) is 0. The van der Waals surface area contributed by atoms with Crippen molar-refractivity contribution in [2.24, 2.45) is 17.8 Å². The Balaban J connectivity index is 1.67. The minimum Gasteiger partial charge on any atom is -0.299 e. The van der Waals surface area contributed by atoms with Gasteiger partial charge in [0.05, 0.1) is 5.56 Å². The molecule has 4 heteroatoms. The van der Waals surface area contributed by atoms with Crippen molar-refractivity contribution in [2.45, 2.75) is 31.9 Å². The monoisotopic (exact) mass is 268 g/mol. The Morgan fingerprint density at radius 2 is 1.84 bits per heavy atom. The molecule has 0 heterocycles. The van der Waals surface area contributed by atoms with E-state index in [0.717, 1.165) is 36.8 Å². The zero-order chi connectivity index (χ0) is 13.6. The third-order valence-corrected chi connectivity index (χ3v) is 4.33. The zero-order valence-corrected chi connectivity index (χ0v) is 10.4. The number of ketones is 1. The third-order valence-electron chi connectivity index (χ3n) is 4.33. The quantitative estimate of drug-likeness (QED) is 0.813. The molecule has 0 amide bonds. The molecule has 0 radical (unpaired) electrons. The number of hydrogen-bond donors (Lipinski definition) is 0. The summed E-state index contributed by atoms with van der Waals surface area (Å²) in [5.41, 5.74) is -0.201. The maximum absolute atomic E-state index is 12.6. The van der Waals surface area contributed by atoms with Crippen molar-refractivity contribution in [1.29, 1.82) is 0 Å². The Morgan fingerprint density at radius 3 is 2.47 bits per heavy atom. The van der Waals surface area contributed by atoms with Crippen molar-refractivity contribution in [3.05, 3.63) is 35.4 Å². The van der Waals surface area contributed by atoms with Crippen LogP contribution in [0.4, 0.5) is 13.2 Å². The lowest BCUT2D eigenvalue weighted by Crippen LogP contribution is -2.15. The molecule has 2 saturated carbocycles. The molecule has 0 aromatic heterocycles. The maximum atomic E-state index is 12.6. The topological polar surface area (TPSA) is 17.1 Å². The highest BCUT2D eigenvalue weighted by molar-refractivity contribution is 5.83. The summed E-state index contributed by atoms with van der Waals surface area (Å²) in [6.45, 7) is 0. The van der Waals surface area contributed by atoms with Crippen molar-refractivity contribution in [1.82, 2.24) is 0 Å². The number of alkyl halides is 3. The molecule has 2 aliphatic carbocycles. The van der Waals surface area contributed by atoms with Gasteiger partial charge in [0, 0.05) is 12.3 Å². The second-order valence-electron chi connectivity index (χ2n) is 5.77. The van der Waals surface area contributed by atoms with Crippen LogP contribution in [0.1, 0.15) is 30.4 Å². The van der Waals surface area contributed by atoms with Crippen LogP contribution in [-0.2, 0) is 17.4 Å². The lowest BCUT2D eigenvalue weighted by Gasteiger charge is -2.12. The second kappa shape index (κ2) is 4.36. The second-order valence-corrected chi connectivity index (χ2v) is 5.77. The molecule has 1 nitrogen and oxygen atoms in total. The van der Waals surface area contributed by atoms with E-state index in [0.29, 0.717) is 5.56 Å². The molecular weight excluding hydrogens is 253 g/mol. The van der Waals surface area contributed by atoms with E-state index in [1.165, 1.54) is 12.5 Å². The van der Waals surface area contributed by atoms with Gasteiger partial charge < -0.3 is 0 Å². The predicted octanol–water partition coefficient (Wildman–Crippen LogP) is 3.86. The maximum Gasteiger partial charge on any atom is 0.416 e. The standard InChI is InChI=1S/C15H15F3O/c16-15(17,18)13-3-1-2-9(4-13)5-14(19)12-7-10-6-11(10)8-12/h1-4,10-12H,5-8H2. The van der Waals surface area contributed by atoms with Gasteiger partial charge in [-0.15, -0.1) is 0 Å². The van der Waals surface area contributed by atoms with Crippen molar-refractivity contribution in [3.63, 3.8) is 0 Å². The van der Waals surface area contributed by atoms with E-state index in [2.05, 4.69) is 0 Å². The van der Waals surface area contributed by atoms with Gasteiger partial charge >= 0.3 is 6.18 Å². The van der Waals surface area contributed by atoms with Crippen molar-refractivity contribution in [2.75, 3.05) is 0 Å². The SMILES string of the molecule is O=C(Cc1cccc(C(F)(F)F)c1)C1CC2CC2C1. The van der Waals surface area contributed by atoms with Crippen molar-refractivity contribution < 1.29 is 18.0 Å². The van der Waals surface area contributed by atoms with Gasteiger partial charge in [0.2, 0.25) is 0 Å². The molecule has 102 valence electrons. The van der Waals surface area contributed by atoms with Crippen LogP contribution in [0.25, 0.3) is 0 Å². The van der Waals surface area contributed by atoms with Crippen molar-refractivity contribution in [3.8, 4) is 0 Å². The molecule has 1 aromatic carbocycles. The van der Waals surface area contributed by atoms with Crippen LogP contribution < -0.4 is 0 Å². The molecule has 0 spiro atoms. The first-order chi connectivity index (χ1) is 8.93. The Hall–Kier alpha value is -1.32. The number of halogens is 3. The molecule has 0 saturated heterocycles. The first kappa shape index (κ1) is 12.7. The van der Waals surface area contributed by atoms with Crippen LogP contribution in [0, 0.1) is 17.8 Å². The minimum absolute atomic E-state index is 0.0818. The summed E-state index contributed by atoms with van der Waals surface area (Å²) < 4.78 is 37.7. The first-order valence-corrected chi connectivity index (χ1v) is 6.62. The van der Waals surface area contributed by atoms with Gasteiger partial charge in [-0.1, -0.05) is 18.2 Å².